The normalized spacial score (nSPS) is 10.8. The van der Waals surface area contributed by atoms with Crippen LogP contribution in [0.2, 0.25) is 0 Å². The van der Waals surface area contributed by atoms with E-state index in [-0.39, 0.29) is 21.7 Å². The molecule has 1 aromatic heterocycles. The predicted octanol–water partition coefficient (Wildman–Crippen LogP) is 0.964. The van der Waals surface area contributed by atoms with E-state index >= 15 is 0 Å². The Labute approximate surface area is 168 Å². The van der Waals surface area contributed by atoms with Crippen molar-refractivity contribution in [3.63, 3.8) is 0 Å². The van der Waals surface area contributed by atoms with Gasteiger partial charge in [-0.2, -0.15) is 5.26 Å². The van der Waals surface area contributed by atoms with Crippen molar-refractivity contribution in [1.29, 1.82) is 5.26 Å². The highest BCUT2D eigenvalue weighted by atomic mass is 127. The minimum atomic E-state index is -4.27. The molecule has 0 saturated carbocycles. The summed E-state index contributed by atoms with van der Waals surface area (Å²) in [5.74, 6) is 6.01. The van der Waals surface area contributed by atoms with E-state index in [1.54, 1.807) is 24.3 Å². The molecule has 140 valence electrons. The van der Waals surface area contributed by atoms with E-state index in [1.165, 1.54) is 16.8 Å². The van der Waals surface area contributed by atoms with Gasteiger partial charge in [-0.3, -0.25) is 4.79 Å². The van der Waals surface area contributed by atoms with Crippen LogP contribution in [-0.4, -0.2) is 17.6 Å². The van der Waals surface area contributed by atoms with Crippen molar-refractivity contribution >= 4 is 49.4 Å². The summed E-state index contributed by atoms with van der Waals surface area (Å²) in [6, 6.07) is 12.9. The molecule has 27 heavy (non-hydrogen) atoms. The number of aryl methyl sites for hydroxylation is 1. The van der Waals surface area contributed by atoms with E-state index in [4.69, 9.17) is 11.1 Å². The topological polar surface area (TPSA) is 157 Å². The van der Waals surface area contributed by atoms with Gasteiger partial charge in [0.15, 0.2) is 5.56 Å². The zero-order chi connectivity index (χ0) is 20.4. The number of aromatic nitrogens is 1. The summed E-state index contributed by atoms with van der Waals surface area (Å²) >= 11 is 2.10. The quantitative estimate of drug-likeness (QED) is 0.289. The average molecular weight is 498 g/mol. The van der Waals surface area contributed by atoms with E-state index < -0.39 is 10.1 Å². The third kappa shape index (κ3) is 4.64. The fourth-order valence-corrected chi connectivity index (χ4v) is 3.21. The zero-order valence-electron chi connectivity index (χ0n) is 14.1. The van der Waals surface area contributed by atoms with E-state index in [0.29, 0.717) is 10.9 Å². The highest BCUT2D eigenvalue weighted by Crippen LogP contribution is 2.16. The maximum atomic E-state index is 12.0. The van der Waals surface area contributed by atoms with Gasteiger partial charge in [0.25, 0.3) is 0 Å². The number of rotatable bonds is 1. The summed E-state index contributed by atoms with van der Waals surface area (Å²) in [6.07, 6.45) is 0. The van der Waals surface area contributed by atoms with Crippen molar-refractivity contribution in [2.45, 2.75) is 11.8 Å². The fraction of sp³-hybridized carbons (Fsp3) is 0.0588. The van der Waals surface area contributed by atoms with Gasteiger partial charge in [0.2, 0.25) is 11.2 Å². The average Bonchev–Trinajstić information content (AvgIpc) is 2.60. The number of hydrogen-bond acceptors (Lipinski definition) is 6. The smallest absolute Gasteiger partial charge is 0.244 e. The van der Waals surface area contributed by atoms with Crippen molar-refractivity contribution in [2.24, 2.45) is 0 Å². The van der Waals surface area contributed by atoms with Crippen LogP contribution in [0.1, 0.15) is 11.1 Å². The Morgan fingerprint density at radius 1 is 1.22 bits per heavy atom. The summed E-state index contributed by atoms with van der Waals surface area (Å²) in [5.41, 5.74) is 4.82. The number of quaternary nitrogens is 1. The molecule has 0 unspecified atom stereocenters. The third-order valence-corrected chi connectivity index (χ3v) is 5.21. The molecule has 10 heteroatoms. The molecule has 0 spiro atoms. The Balaban J connectivity index is 0.000000208. The predicted molar refractivity (Wildman–Crippen MR) is 107 cm³/mol. The first kappa shape index (κ1) is 20.8. The number of pyridine rings is 1. The standard InChI is InChI=1S/C10H7IN4O.C7H8O3S/c11-5-1-2-8-6(3-5)9(16)7(4-12)10(13)15(8)14;1-6-2-4-7(5-3-6)11(8,9)10/h1-3H,13-14H2;2-5H,1H3,(H,8,9,10). The lowest BCUT2D eigenvalue weighted by Crippen LogP contribution is -2.48. The molecule has 3 rings (SSSR count). The molecule has 1 heterocycles. The number of nitrogens with two attached hydrogens (primary N) is 1. The third-order valence-electron chi connectivity index (χ3n) is 3.69. The van der Waals surface area contributed by atoms with Crippen LogP contribution in [0.25, 0.3) is 10.9 Å². The highest BCUT2D eigenvalue weighted by Gasteiger charge is 2.15. The molecular weight excluding hydrogens is 483 g/mol. The second kappa shape index (κ2) is 8.05. The van der Waals surface area contributed by atoms with Gasteiger partial charge in [-0.05, 0) is 59.8 Å². The van der Waals surface area contributed by atoms with E-state index in [2.05, 4.69) is 28.3 Å². The Morgan fingerprint density at radius 3 is 2.33 bits per heavy atom. The number of nitrogen functional groups attached to an aromatic ring is 1. The number of nitriles is 1. The minimum Gasteiger partial charge on any atom is -0.744 e. The SMILES string of the molecule is Cc1ccc(S(=O)(=O)[O-])cc1.N#Cc1c([NH3+])n(N)c2ccc(I)cc2c1=O. The van der Waals surface area contributed by atoms with Crippen molar-refractivity contribution < 1.29 is 18.7 Å². The molecule has 0 aliphatic heterocycles. The second-order valence-corrected chi connectivity index (χ2v) is 8.19. The zero-order valence-corrected chi connectivity index (χ0v) is 17.1. The molecule has 0 saturated heterocycles. The van der Waals surface area contributed by atoms with Gasteiger partial charge < -0.3 is 16.1 Å². The van der Waals surface area contributed by atoms with E-state index in [0.717, 1.165) is 9.13 Å². The number of nitrogens with zero attached hydrogens (tertiary/aromatic N) is 2. The molecular formula is C17H15IN4O4S. The van der Waals surface area contributed by atoms with Crippen LogP contribution in [0.3, 0.4) is 0 Å². The van der Waals surface area contributed by atoms with Crippen LogP contribution in [0.4, 0.5) is 5.82 Å². The van der Waals surface area contributed by atoms with Gasteiger partial charge in [0, 0.05) is 3.57 Å². The van der Waals surface area contributed by atoms with Gasteiger partial charge in [-0.25, -0.2) is 13.1 Å². The van der Waals surface area contributed by atoms with Gasteiger partial charge in [0.05, 0.1) is 15.8 Å². The van der Waals surface area contributed by atoms with Crippen molar-refractivity contribution in [2.75, 3.05) is 5.84 Å². The minimum absolute atomic E-state index is 0.00278. The van der Waals surface area contributed by atoms with Crippen LogP contribution < -0.4 is 17.0 Å². The molecule has 5 N–H and O–H groups in total. The fourth-order valence-electron chi connectivity index (χ4n) is 2.25. The second-order valence-electron chi connectivity index (χ2n) is 5.56. The molecule has 3 aromatic rings. The lowest BCUT2D eigenvalue weighted by Gasteiger charge is -2.07. The Bertz CT molecular complexity index is 1210. The molecule has 0 atom stereocenters. The molecule has 0 aliphatic carbocycles. The molecule has 0 radical (unpaired) electrons. The number of fused-ring (bicyclic) bond motifs is 1. The van der Waals surface area contributed by atoms with Crippen LogP contribution in [0.15, 0.2) is 52.2 Å². The van der Waals surface area contributed by atoms with Crippen LogP contribution in [-0.2, 0) is 10.1 Å². The lowest BCUT2D eigenvalue weighted by molar-refractivity contribution is -0.264. The van der Waals surface area contributed by atoms with Gasteiger partial charge in [-0.15, -0.1) is 0 Å². The van der Waals surface area contributed by atoms with Crippen molar-refractivity contribution in [3.8, 4) is 6.07 Å². The molecule has 8 nitrogen and oxygen atoms in total. The number of benzene rings is 2. The van der Waals surface area contributed by atoms with Crippen LogP contribution in [0.5, 0.6) is 0 Å². The number of halogens is 1. The van der Waals surface area contributed by atoms with E-state index in [9.17, 15) is 17.8 Å². The molecule has 0 bridgehead atoms. The first-order chi connectivity index (χ1) is 12.6. The molecule has 0 amide bonds. The Morgan fingerprint density at radius 2 is 1.81 bits per heavy atom. The van der Waals surface area contributed by atoms with Gasteiger partial charge in [0.1, 0.15) is 16.2 Å². The first-order valence-electron chi connectivity index (χ1n) is 7.44. The highest BCUT2D eigenvalue weighted by molar-refractivity contribution is 14.1. The molecule has 0 fully saturated rings. The maximum Gasteiger partial charge on any atom is 0.244 e. The van der Waals surface area contributed by atoms with Crippen LogP contribution >= 0.6 is 22.6 Å². The summed E-state index contributed by atoms with van der Waals surface area (Å²) < 4.78 is 33.4. The van der Waals surface area contributed by atoms with E-state index in [1.807, 2.05) is 19.1 Å². The Hall–Kier alpha value is -2.46. The largest absolute Gasteiger partial charge is 0.744 e. The monoisotopic (exact) mass is 498 g/mol. The molecule has 2 aromatic carbocycles. The summed E-state index contributed by atoms with van der Waals surface area (Å²) in [4.78, 5) is 11.8. The maximum absolute atomic E-state index is 12.0. The molecule has 0 aliphatic rings. The number of hydrogen-bond donors (Lipinski definition) is 2. The van der Waals surface area contributed by atoms with Crippen molar-refractivity contribution in [1.82, 2.24) is 4.68 Å². The van der Waals surface area contributed by atoms with Crippen LogP contribution in [0, 0.1) is 21.8 Å². The summed E-state index contributed by atoms with van der Waals surface area (Å²) in [6.45, 7) is 1.82. The van der Waals surface area contributed by atoms with Crippen molar-refractivity contribution in [3.05, 3.63) is 67.4 Å². The van der Waals surface area contributed by atoms with Gasteiger partial charge in [-0.1, -0.05) is 17.7 Å². The first-order valence-corrected chi connectivity index (χ1v) is 9.93. The Kier molecular flexibility index (Phi) is 6.22. The van der Waals surface area contributed by atoms with Gasteiger partial charge >= 0.3 is 0 Å². The summed E-state index contributed by atoms with van der Waals surface area (Å²) in [5, 5.41) is 9.33. The lowest BCUT2D eigenvalue weighted by atomic mass is 10.1. The summed E-state index contributed by atoms with van der Waals surface area (Å²) in [7, 11) is -4.27.